The smallest absolute Gasteiger partial charge is 0.287 e. The van der Waals surface area contributed by atoms with Crippen LogP contribution < -0.4 is 5.32 Å². The molecule has 1 atom stereocenters. The van der Waals surface area contributed by atoms with Crippen molar-refractivity contribution in [3.05, 3.63) is 47.2 Å². The van der Waals surface area contributed by atoms with E-state index in [-0.39, 0.29) is 11.9 Å². The highest BCUT2D eigenvalue weighted by Crippen LogP contribution is 2.33. The Bertz CT molecular complexity index is 631. The Kier molecular flexibility index (Phi) is 3.53. The minimum absolute atomic E-state index is 0.164. The summed E-state index contributed by atoms with van der Waals surface area (Å²) in [5.74, 6) is 1.40. The van der Waals surface area contributed by atoms with Gasteiger partial charge in [-0.25, -0.2) is 0 Å². The lowest BCUT2D eigenvalue weighted by atomic mass is 10.2. The van der Waals surface area contributed by atoms with E-state index >= 15 is 0 Å². The van der Waals surface area contributed by atoms with E-state index in [2.05, 4.69) is 5.32 Å². The van der Waals surface area contributed by atoms with E-state index in [1.54, 1.807) is 18.2 Å². The highest BCUT2D eigenvalue weighted by molar-refractivity contribution is 6.33. The fourth-order valence-corrected chi connectivity index (χ4v) is 2.49. The zero-order chi connectivity index (χ0) is 14.1. The number of halogens is 1. The van der Waals surface area contributed by atoms with Gasteiger partial charge < -0.3 is 9.73 Å². The van der Waals surface area contributed by atoms with Crippen molar-refractivity contribution in [2.24, 2.45) is 5.92 Å². The molecule has 1 N–H and O–H groups in total. The average molecular weight is 290 g/mol. The van der Waals surface area contributed by atoms with Gasteiger partial charge in [-0.3, -0.25) is 4.79 Å². The van der Waals surface area contributed by atoms with Crippen LogP contribution in [0.5, 0.6) is 0 Å². The maximum absolute atomic E-state index is 12.1. The monoisotopic (exact) mass is 289 g/mol. The van der Waals surface area contributed by atoms with Gasteiger partial charge in [0.05, 0.1) is 5.02 Å². The molecular weight excluding hydrogens is 274 g/mol. The summed E-state index contributed by atoms with van der Waals surface area (Å²) in [5.41, 5.74) is 0.795. The molecule has 3 rings (SSSR count). The molecule has 0 aliphatic heterocycles. The van der Waals surface area contributed by atoms with Crippen LogP contribution in [0.3, 0.4) is 0 Å². The number of nitrogens with one attached hydrogen (secondary N) is 1. The second kappa shape index (κ2) is 5.33. The number of hydrogen-bond donors (Lipinski definition) is 1. The van der Waals surface area contributed by atoms with Crippen molar-refractivity contribution in [1.29, 1.82) is 0 Å². The molecule has 0 radical (unpaired) electrons. The molecule has 0 spiro atoms. The molecule has 1 saturated carbocycles. The maximum atomic E-state index is 12.1. The molecule has 0 bridgehead atoms. The van der Waals surface area contributed by atoms with Crippen LogP contribution in [-0.2, 0) is 0 Å². The zero-order valence-electron chi connectivity index (χ0n) is 11.2. The van der Waals surface area contributed by atoms with Gasteiger partial charge >= 0.3 is 0 Å². The largest absolute Gasteiger partial charge is 0.451 e. The van der Waals surface area contributed by atoms with Crippen molar-refractivity contribution in [2.75, 3.05) is 0 Å². The van der Waals surface area contributed by atoms with Crippen LogP contribution in [0.1, 0.15) is 30.3 Å². The number of benzene rings is 1. The van der Waals surface area contributed by atoms with Gasteiger partial charge in [-0.2, -0.15) is 0 Å². The summed E-state index contributed by atoms with van der Waals surface area (Å²) >= 11 is 6.12. The van der Waals surface area contributed by atoms with Crippen molar-refractivity contribution >= 4 is 17.5 Å². The Morgan fingerprint density at radius 3 is 2.75 bits per heavy atom. The molecule has 0 saturated heterocycles. The van der Waals surface area contributed by atoms with E-state index in [1.165, 1.54) is 12.8 Å². The first-order chi connectivity index (χ1) is 9.65. The Labute approximate surface area is 122 Å². The normalized spacial score (nSPS) is 15.9. The van der Waals surface area contributed by atoms with Gasteiger partial charge in [0, 0.05) is 11.6 Å². The number of furan rings is 1. The van der Waals surface area contributed by atoms with Gasteiger partial charge in [0.15, 0.2) is 5.76 Å². The minimum atomic E-state index is -0.164. The number of amides is 1. The van der Waals surface area contributed by atoms with Gasteiger partial charge in [-0.1, -0.05) is 23.7 Å². The molecule has 104 valence electrons. The van der Waals surface area contributed by atoms with Gasteiger partial charge in [-0.15, -0.1) is 0 Å². The molecule has 1 amide bonds. The third-order valence-corrected chi connectivity index (χ3v) is 3.99. The molecule has 20 heavy (non-hydrogen) atoms. The second-order valence-corrected chi connectivity index (χ2v) is 5.65. The lowest BCUT2D eigenvalue weighted by Crippen LogP contribution is -2.33. The first kappa shape index (κ1) is 13.3. The molecule has 2 aromatic rings. The number of carbonyl (C=O) groups excluding carboxylic acids is 1. The van der Waals surface area contributed by atoms with E-state index in [0.717, 1.165) is 5.56 Å². The van der Waals surface area contributed by atoms with E-state index in [1.807, 2.05) is 25.1 Å². The Balaban J connectivity index is 1.76. The van der Waals surface area contributed by atoms with Crippen LogP contribution >= 0.6 is 11.6 Å². The van der Waals surface area contributed by atoms with Gasteiger partial charge in [0.25, 0.3) is 5.91 Å². The fourth-order valence-electron chi connectivity index (χ4n) is 2.26. The molecule has 1 fully saturated rings. The van der Waals surface area contributed by atoms with Gasteiger partial charge in [-0.05, 0) is 49.9 Å². The Hall–Kier alpha value is -1.74. The van der Waals surface area contributed by atoms with Crippen LogP contribution in [0.15, 0.2) is 40.8 Å². The lowest BCUT2D eigenvalue weighted by molar-refractivity contribution is 0.0908. The van der Waals surface area contributed by atoms with E-state index in [0.29, 0.717) is 22.5 Å². The highest BCUT2D eigenvalue weighted by atomic mass is 35.5. The molecule has 1 unspecified atom stereocenters. The second-order valence-electron chi connectivity index (χ2n) is 5.24. The molecule has 1 aromatic heterocycles. The molecule has 3 nitrogen and oxygen atoms in total. The zero-order valence-corrected chi connectivity index (χ0v) is 12.0. The van der Waals surface area contributed by atoms with Gasteiger partial charge in [0.2, 0.25) is 0 Å². The minimum Gasteiger partial charge on any atom is -0.451 e. The molecular formula is C16H16ClNO2. The summed E-state index contributed by atoms with van der Waals surface area (Å²) in [4.78, 5) is 12.1. The molecule has 1 aromatic carbocycles. The van der Waals surface area contributed by atoms with Crippen LogP contribution in [0, 0.1) is 5.92 Å². The third kappa shape index (κ3) is 2.73. The van der Waals surface area contributed by atoms with Crippen LogP contribution in [0.4, 0.5) is 0 Å². The average Bonchev–Trinajstić information content (AvgIpc) is 3.17. The predicted molar refractivity (Wildman–Crippen MR) is 78.8 cm³/mol. The standard InChI is InChI=1S/C16H16ClNO2/c1-10(11-6-7-11)18-16(19)15-9-8-14(20-15)12-4-2-3-5-13(12)17/h2-5,8-11H,6-7H2,1H3,(H,18,19). The summed E-state index contributed by atoms with van der Waals surface area (Å²) in [6.07, 6.45) is 2.40. The molecule has 4 heteroatoms. The molecule has 1 aliphatic carbocycles. The number of hydrogen-bond acceptors (Lipinski definition) is 2. The van der Waals surface area contributed by atoms with Crippen molar-refractivity contribution in [1.82, 2.24) is 5.32 Å². The first-order valence-corrected chi connectivity index (χ1v) is 7.18. The Morgan fingerprint density at radius 1 is 1.30 bits per heavy atom. The van der Waals surface area contributed by atoms with Crippen molar-refractivity contribution in [3.63, 3.8) is 0 Å². The van der Waals surface area contributed by atoms with Crippen LogP contribution in [0.25, 0.3) is 11.3 Å². The number of carbonyl (C=O) groups is 1. The fraction of sp³-hybridized carbons (Fsp3) is 0.312. The SMILES string of the molecule is CC(NC(=O)c1ccc(-c2ccccc2Cl)o1)C1CC1. The highest BCUT2D eigenvalue weighted by Gasteiger charge is 2.29. The number of rotatable bonds is 4. The van der Waals surface area contributed by atoms with E-state index in [9.17, 15) is 4.79 Å². The quantitative estimate of drug-likeness (QED) is 0.919. The summed E-state index contributed by atoms with van der Waals surface area (Å²) in [5, 5.41) is 3.58. The third-order valence-electron chi connectivity index (χ3n) is 3.66. The summed E-state index contributed by atoms with van der Waals surface area (Å²) in [6.45, 7) is 2.04. The predicted octanol–water partition coefficient (Wildman–Crippen LogP) is 4.13. The summed E-state index contributed by atoms with van der Waals surface area (Å²) in [6, 6.07) is 11.1. The maximum Gasteiger partial charge on any atom is 0.287 e. The Morgan fingerprint density at radius 2 is 2.05 bits per heavy atom. The summed E-state index contributed by atoms with van der Waals surface area (Å²) < 4.78 is 5.62. The summed E-state index contributed by atoms with van der Waals surface area (Å²) in [7, 11) is 0. The van der Waals surface area contributed by atoms with Gasteiger partial charge in [0.1, 0.15) is 5.76 Å². The lowest BCUT2D eigenvalue weighted by Gasteiger charge is -2.10. The molecule has 1 heterocycles. The van der Waals surface area contributed by atoms with Crippen molar-refractivity contribution in [3.8, 4) is 11.3 Å². The van der Waals surface area contributed by atoms with Crippen LogP contribution in [0.2, 0.25) is 5.02 Å². The van der Waals surface area contributed by atoms with Crippen molar-refractivity contribution in [2.45, 2.75) is 25.8 Å². The van der Waals surface area contributed by atoms with Crippen molar-refractivity contribution < 1.29 is 9.21 Å². The van der Waals surface area contributed by atoms with E-state index in [4.69, 9.17) is 16.0 Å². The topological polar surface area (TPSA) is 42.2 Å². The molecule has 1 aliphatic rings. The first-order valence-electron chi connectivity index (χ1n) is 6.81. The van der Waals surface area contributed by atoms with Crippen LogP contribution in [-0.4, -0.2) is 11.9 Å². The van der Waals surface area contributed by atoms with E-state index < -0.39 is 0 Å².